The predicted molar refractivity (Wildman–Crippen MR) is 231 cm³/mol. The largest absolute Gasteiger partial charge is 2.00 e. The van der Waals surface area contributed by atoms with Gasteiger partial charge in [0.1, 0.15) is 20.2 Å². The number of rotatable bonds is 12. The zero-order chi connectivity index (χ0) is 46.1. The van der Waals surface area contributed by atoms with E-state index in [4.69, 9.17) is 0 Å². The molecule has 0 amide bonds. The van der Waals surface area contributed by atoms with Crippen molar-refractivity contribution in [2.24, 2.45) is 0 Å². The summed E-state index contributed by atoms with van der Waals surface area (Å²) < 4.78 is 199. The summed E-state index contributed by atoms with van der Waals surface area (Å²) in [6.07, 6.45) is 0. The fourth-order valence-electron chi connectivity index (χ4n) is 5.58. The maximum absolute atomic E-state index is 11.6. The van der Waals surface area contributed by atoms with Gasteiger partial charge in [-0.15, -0.1) is 0 Å². The first kappa shape index (κ1) is 52.5. The first-order valence-corrected chi connectivity index (χ1v) is 27.8. The molecule has 0 aromatic heterocycles. The molecule has 0 bridgehead atoms. The Hall–Kier alpha value is -3.10. The molecule has 0 fully saturated rings. The van der Waals surface area contributed by atoms with Crippen LogP contribution in [0.5, 0.6) is 0 Å². The maximum atomic E-state index is 11.6. The van der Waals surface area contributed by atoms with Gasteiger partial charge < -0.3 is 9.11 Å². The van der Waals surface area contributed by atoms with Gasteiger partial charge in [0, 0.05) is 0 Å². The van der Waals surface area contributed by atoms with Crippen molar-refractivity contribution in [2.75, 3.05) is 0 Å². The molecule has 6 rings (SSSR count). The van der Waals surface area contributed by atoms with Crippen LogP contribution < -0.4 is 31.8 Å². The Labute approximate surface area is 395 Å². The van der Waals surface area contributed by atoms with Crippen LogP contribution in [0.25, 0.3) is 0 Å². The fourth-order valence-corrected chi connectivity index (χ4v) is 14.1. The molecule has 18 nitrogen and oxygen atoms in total. The fraction of sp³-hybridized carbons (Fsp3) is 0. The SMILES string of the molecule is O=S(=O)([O-])c1cccc(P(c2cccc(S(=O)(=O)O)c2)c2cccc(S(=O)(=O)O)c2)c1.O=S(=O)([O-])c1cccc(P(c2cccc(S(=O)(=O)O)c2)c2cccc(S(=O)(=O)O)c2)c1.[Ca+2]. The smallest absolute Gasteiger partial charge is 0.744 e. The Morgan fingerprint density at radius 3 is 0.619 bits per heavy atom. The van der Waals surface area contributed by atoms with Crippen molar-refractivity contribution in [1.29, 1.82) is 0 Å². The summed E-state index contributed by atoms with van der Waals surface area (Å²) in [5.41, 5.74) is 0. The Bertz CT molecular complexity index is 2800. The van der Waals surface area contributed by atoms with Gasteiger partial charge in [-0.25, -0.2) is 16.8 Å². The van der Waals surface area contributed by atoms with Gasteiger partial charge in [0.15, 0.2) is 0 Å². The van der Waals surface area contributed by atoms with Gasteiger partial charge in [-0.2, -0.15) is 33.7 Å². The van der Waals surface area contributed by atoms with Crippen LogP contribution in [0, 0.1) is 0 Å². The van der Waals surface area contributed by atoms with Crippen molar-refractivity contribution in [1.82, 2.24) is 0 Å². The van der Waals surface area contributed by atoms with E-state index in [-0.39, 0.29) is 37.7 Å². The van der Waals surface area contributed by atoms with Crippen LogP contribution in [-0.4, -0.2) is 116 Å². The summed E-state index contributed by atoms with van der Waals surface area (Å²) in [4.78, 5) is -2.72. The van der Waals surface area contributed by atoms with E-state index in [1.807, 2.05) is 0 Å². The Morgan fingerprint density at radius 2 is 0.460 bits per heavy atom. The van der Waals surface area contributed by atoms with Crippen molar-refractivity contribution in [3.05, 3.63) is 146 Å². The second-order valence-corrected chi connectivity index (χ2v) is 25.3. The molecule has 63 heavy (non-hydrogen) atoms. The van der Waals surface area contributed by atoms with Gasteiger partial charge in [0.25, 0.3) is 40.5 Å². The van der Waals surface area contributed by atoms with Crippen molar-refractivity contribution >= 4 is 146 Å². The van der Waals surface area contributed by atoms with E-state index < -0.39 is 106 Å². The van der Waals surface area contributed by atoms with E-state index in [9.17, 15) is 77.8 Å². The van der Waals surface area contributed by atoms with Gasteiger partial charge in [0.2, 0.25) is 0 Å². The molecule has 328 valence electrons. The second kappa shape index (κ2) is 20.2. The molecule has 0 aliphatic carbocycles. The first-order chi connectivity index (χ1) is 28.5. The van der Waals surface area contributed by atoms with E-state index in [0.29, 0.717) is 31.8 Å². The minimum atomic E-state index is -4.80. The summed E-state index contributed by atoms with van der Waals surface area (Å²) in [6, 6.07) is 30.8. The molecule has 0 saturated heterocycles. The molecule has 0 aliphatic heterocycles. The van der Waals surface area contributed by atoms with Gasteiger partial charge >= 0.3 is 37.7 Å². The third kappa shape index (κ3) is 14.0. The number of benzene rings is 6. The third-order valence-corrected chi connectivity index (χ3v) is 18.1. The van der Waals surface area contributed by atoms with E-state index in [1.54, 1.807) is 0 Å². The molecule has 6 aromatic rings. The first-order valence-electron chi connectivity index (χ1n) is 16.6. The van der Waals surface area contributed by atoms with E-state index in [0.717, 1.165) is 48.5 Å². The quantitative estimate of drug-likeness (QED) is 0.0762. The molecule has 27 heteroatoms. The molecular formula is C36H28CaO18P2S6. The molecule has 0 spiro atoms. The zero-order valence-electron chi connectivity index (χ0n) is 31.4. The second-order valence-electron chi connectivity index (χ2n) is 12.5. The maximum Gasteiger partial charge on any atom is 2.00 e. The Balaban J connectivity index is 0.000000272. The van der Waals surface area contributed by atoms with Crippen LogP contribution in [0.4, 0.5) is 0 Å². The normalized spacial score (nSPS) is 12.6. The zero-order valence-corrected chi connectivity index (χ0v) is 40.3. The number of hydrogen-bond donors (Lipinski definition) is 4. The Morgan fingerprint density at radius 1 is 0.302 bits per heavy atom. The van der Waals surface area contributed by atoms with E-state index >= 15 is 0 Å². The summed E-state index contributed by atoms with van der Waals surface area (Å²) in [6.45, 7) is 0. The Kier molecular flexibility index (Phi) is 16.8. The number of hydrogen-bond acceptors (Lipinski definition) is 14. The molecule has 0 radical (unpaired) electrons. The predicted octanol–water partition coefficient (Wildman–Crippen LogP) is 1.30. The van der Waals surface area contributed by atoms with Crippen LogP contribution in [-0.2, 0) is 60.7 Å². The van der Waals surface area contributed by atoms with Gasteiger partial charge in [0.05, 0.1) is 29.4 Å². The van der Waals surface area contributed by atoms with Crippen LogP contribution in [0.1, 0.15) is 0 Å². The van der Waals surface area contributed by atoms with Gasteiger partial charge in [-0.05, 0) is 120 Å². The van der Waals surface area contributed by atoms with E-state index in [1.165, 1.54) is 97.1 Å². The molecule has 4 N–H and O–H groups in total. The standard InChI is InChI=1S/2C18H15O9PS3.Ca/c2*19-29(20,21)16-7-1-4-13(10-16)28(14-5-2-8-17(11-14)30(22,23)24)15-6-3-9-18(12-15)31(25,26)27;/h2*1-12H,(H,19,20,21)(H,22,23,24)(H,25,26,27);/q;;+2/p-2. The molecule has 0 unspecified atom stereocenters. The van der Waals surface area contributed by atoms with Crippen LogP contribution in [0.15, 0.2) is 175 Å². The molecule has 0 atom stereocenters. The molecule has 0 heterocycles. The topological polar surface area (TPSA) is 332 Å². The summed E-state index contributed by atoms with van der Waals surface area (Å²) >= 11 is 0. The van der Waals surface area contributed by atoms with Crippen molar-refractivity contribution in [3.63, 3.8) is 0 Å². The average molecular weight is 1040 g/mol. The minimum absolute atomic E-state index is 0. The summed E-state index contributed by atoms with van der Waals surface area (Å²) in [5, 5.41) is 1.87. The summed E-state index contributed by atoms with van der Waals surface area (Å²) in [7, 11) is -31.4. The minimum Gasteiger partial charge on any atom is -0.744 e. The van der Waals surface area contributed by atoms with Crippen molar-refractivity contribution in [3.8, 4) is 0 Å². The van der Waals surface area contributed by atoms with Crippen LogP contribution in [0.3, 0.4) is 0 Å². The molecule has 0 aliphatic rings. The van der Waals surface area contributed by atoms with Gasteiger partial charge in [-0.1, -0.05) is 72.8 Å². The molecular weight excluding hydrogens is 1010 g/mol. The molecule has 6 aromatic carbocycles. The third-order valence-electron chi connectivity index (χ3n) is 8.22. The van der Waals surface area contributed by atoms with Crippen LogP contribution in [0.2, 0.25) is 0 Å². The van der Waals surface area contributed by atoms with Gasteiger partial charge in [-0.3, -0.25) is 18.2 Å². The van der Waals surface area contributed by atoms with Crippen molar-refractivity contribution < 1.29 is 77.8 Å². The summed E-state index contributed by atoms with van der Waals surface area (Å²) in [5.74, 6) is 0. The van der Waals surface area contributed by atoms with Crippen LogP contribution >= 0.6 is 15.8 Å². The van der Waals surface area contributed by atoms with E-state index in [2.05, 4.69) is 0 Å². The monoisotopic (exact) mass is 1040 g/mol. The molecule has 0 saturated carbocycles. The average Bonchev–Trinajstić information content (AvgIpc) is 3.17. The van der Waals surface area contributed by atoms with Crippen molar-refractivity contribution in [2.45, 2.75) is 29.4 Å².